The highest BCUT2D eigenvalue weighted by molar-refractivity contribution is 7.92. The van der Waals surface area contributed by atoms with E-state index in [0.717, 1.165) is 69.6 Å². The molecule has 0 aliphatic carbocycles. The van der Waals surface area contributed by atoms with Gasteiger partial charge in [-0.1, -0.05) is 157 Å². The standard InChI is InChI=1S/C56H84N8O9S3/c1-8-10-12-14-16-18-20-22-24-26-28-49(72-47-34-30-43(31-35-47)62-75(6,68)69)54(65)57-45-38-42(53-59-52-41-51(56(3,4)5)60-64(52)61-53)39-46(40-45)58-55(66)50(29-27-25-23-21-19-17-15-13-11-9-2)74(67)73-48-36-32-44(33-37-48)63-76(7,70)71/h30-41,49-50,60,62-63H,8-29H2,1-7H3,(H,57,65)(H,58,66). The van der Waals surface area contributed by atoms with Crippen LogP contribution in [0.2, 0.25) is 0 Å². The second-order valence-corrected chi connectivity index (χ2v) is 25.8. The Hall–Kier alpha value is -5.47. The lowest BCUT2D eigenvalue weighted by molar-refractivity contribution is -0.123. The number of H-pyrrole nitrogens is 1. The Balaban J connectivity index is 1.41. The smallest absolute Gasteiger partial charge is 0.265 e. The Morgan fingerprint density at radius 2 is 1.05 bits per heavy atom. The van der Waals surface area contributed by atoms with Gasteiger partial charge in [-0.25, -0.2) is 26.0 Å². The zero-order valence-corrected chi connectivity index (χ0v) is 48.3. The van der Waals surface area contributed by atoms with Gasteiger partial charge in [0.15, 0.2) is 22.8 Å². The fourth-order valence-corrected chi connectivity index (χ4v) is 10.9. The van der Waals surface area contributed by atoms with Gasteiger partial charge < -0.3 is 19.6 Å². The molecule has 76 heavy (non-hydrogen) atoms. The summed E-state index contributed by atoms with van der Waals surface area (Å²) in [6.07, 6.45) is 23.8. The number of carbonyl (C=O) groups excluding carboxylic acids is 2. The van der Waals surface area contributed by atoms with Crippen molar-refractivity contribution >= 4 is 71.3 Å². The van der Waals surface area contributed by atoms with Gasteiger partial charge in [-0.2, -0.15) is 4.63 Å². The summed E-state index contributed by atoms with van der Waals surface area (Å²) in [6.45, 7) is 10.7. The summed E-state index contributed by atoms with van der Waals surface area (Å²) in [7, 11) is -7.04. The molecule has 0 aliphatic rings. The normalized spacial score (nSPS) is 13.2. The summed E-state index contributed by atoms with van der Waals surface area (Å²) in [5.41, 5.74) is 3.06. The lowest BCUT2D eigenvalue weighted by Crippen LogP contribution is -2.34. The van der Waals surface area contributed by atoms with Crippen LogP contribution in [0.15, 0.2) is 72.8 Å². The molecule has 0 spiro atoms. The molecular weight excluding hydrogens is 1020 g/mol. The first-order chi connectivity index (χ1) is 36.2. The van der Waals surface area contributed by atoms with Crippen LogP contribution in [0.3, 0.4) is 0 Å². The number of aromatic amines is 1. The van der Waals surface area contributed by atoms with Crippen molar-refractivity contribution in [3.63, 3.8) is 0 Å². The molecule has 5 aromatic rings. The van der Waals surface area contributed by atoms with E-state index in [1.54, 1.807) is 47.1 Å². The number of nitrogens with zero attached hydrogens (tertiary/aromatic N) is 3. The summed E-state index contributed by atoms with van der Waals surface area (Å²) in [6, 6.07) is 19.3. The van der Waals surface area contributed by atoms with E-state index in [1.165, 1.54) is 94.9 Å². The first-order valence-corrected chi connectivity index (χ1v) is 32.3. The molecule has 3 aromatic carbocycles. The van der Waals surface area contributed by atoms with Crippen molar-refractivity contribution in [3.05, 3.63) is 78.5 Å². The third-order valence-electron chi connectivity index (χ3n) is 12.9. The van der Waals surface area contributed by atoms with Crippen LogP contribution in [-0.4, -0.2) is 76.5 Å². The predicted octanol–water partition coefficient (Wildman–Crippen LogP) is 12.8. The molecule has 0 radical (unpaired) electrons. The molecule has 0 saturated carbocycles. The van der Waals surface area contributed by atoms with Crippen LogP contribution in [0, 0.1) is 0 Å². The molecule has 420 valence electrons. The Labute approximate surface area is 455 Å². The molecule has 0 saturated heterocycles. The molecule has 5 rings (SSSR count). The van der Waals surface area contributed by atoms with Gasteiger partial charge in [0.25, 0.3) is 5.91 Å². The first-order valence-electron chi connectivity index (χ1n) is 27.3. The maximum Gasteiger partial charge on any atom is 0.265 e. The number of anilines is 4. The van der Waals surface area contributed by atoms with Crippen LogP contribution >= 0.6 is 0 Å². The van der Waals surface area contributed by atoms with E-state index in [2.05, 4.69) is 59.8 Å². The topological polar surface area (TPSA) is 232 Å². The number of hydrogen-bond acceptors (Lipinski definition) is 11. The molecular formula is C56H84N8O9S3. The monoisotopic (exact) mass is 1110 g/mol. The van der Waals surface area contributed by atoms with E-state index in [0.29, 0.717) is 52.7 Å². The van der Waals surface area contributed by atoms with Crippen LogP contribution in [0.25, 0.3) is 17.0 Å². The summed E-state index contributed by atoms with van der Waals surface area (Å²) in [4.78, 5) is 33.8. The maximum atomic E-state index is 14.5. The quantitative estimate of drug-likeness (QED) is 0.0237. The van der Waals surface area contributed by atoms with Gasteiger partial charge in [0.1, 0.15) is 11.5 Å². The van der Waals surface area contributed by atoms with E-state index >= 15 is 0 Å². The van der Waals surface area contributed by atoms with Crippen molar-refractivity contribution in [1.82, 2.24) is 19.8 Å². The van der Waals surface area contributed by atoms with Gasteiger partial charge in [0.2, 0.25) is 37.0 Å². The van der Waals surface area contributed by atoms with Gasteiger partial charge in [-0.3, -0.25) is 24.1 Å². The van der Waals surface area contributed by atoms with Crippen molar-refractivity contribution in [2.24, 2.45) is 0 Å². The van der Waals surface area contributed by atoms with Crippen LogP contribution in [0.5, 0.6) is 11.5 Å². The van der Waals surface area contributed by atoms with Gasteiger partial charge in [-0.05, 0) is 86.0 Å². The number of hydrogen-bond donors (Lipinski definition) is 5. The number of amides is 2. The van der Waals surface area contributed by atoms with E-state index in [1.807, 2.05) is 6.07 Å². The highest BCUT2D eigenvalue weighted by atomic mass is 32.2. The van der Waals surface area contributed by atoms with E-state index < -0.39 is 54.3 Å². The number of carbonyl (C=O) groups is 2. The van der Waals surface area contributed by atoms with Gasteiger partial charge >= 0.3 is 0 Å². The minimum atomic E-state index is -3.53. The zero-order chi connectivity index (χ0) is 55.1. The van der Waals surface area contributed by atoms with Gasteiger partial charge in [-0.15, -0.1) is 5.10 Å². The van der Waals surface area contributed by atoms with Crippen molar-refractivity contribution in [3.8, 4) is 22.9 Å². The molecule has 17 nitrogen and oxygen atoms in total. The number of rotatable bonds is 36. The number of benzene rings is 3. The highest BCUT2D eigenvalue weighted by Gasteiger charge is 2.29. The number of sulfonamides is 2. The summed E-state index contributed by atoms with van der Waals surface area (Å²) >= 11 is -2.17. The van der Waals surface area contributed by atoms with E-state index in [4.69, 9.17) is 19.0 Å². The van der Waals surface area contributed by atoms with Crippen LogP contribution < -0.4 is 29.0 Å². The second-order valence-electron chi connectivity index (χ2n) is 21.1. The predicted molar refractivity (Wildman–Crippen MR) is 308 cm³/mol. The molecule has 5 N–H and O–H groups in total. The molecule has 2 aromatic heterocycles. The van der Waals surface area contributed by atoms with Crippen molar-refractivity contribution in [2.75, 3.05) is 32.6 Å². The number of aromatic nitrogens is 4. The zero-order valence-electron chi connectivity index (χ0n) is 45.9. The molecule has 3 unspecified atom stereocenters. The largest absolute Gasteiger partial charge is 0.481 e. The van der Waals surface area contributed by atoms with Crippen molar-refractivity contribution < 1.29 is 39.6 Å². The van der Waals surface area contributed by atoms with Gasteiger partial charge in [0, 0.05) is 45.5 Å². The first kappa shape index (κ1) is 61.4. The Bertz CT molecular complexity index is 2800. The fraction of sp³-hybridized carbons (Fsp3) is 0.571. The third-order valence-corrected chi connectivity index (χ3v) is 15.4. The Kier molecular flexibility index (Phi) is 24.6. The molecule has 0 bridgehead atoms. The summed E-state index contributed by atoms with van der Waals surface area (Å²) in [5, 5.41) is 13.0. The SMILES string of the molecule is CCCCCCCCCCCCC(Oc1ccc(NS(C)(=O)=O)cc1)C(=O)Nc1cc(NC(=O)C(CCCCCCCCCCCC)S(=O)Oc2ccc(NS(C)(=O)=O)cc2)cc(-c2nc3cc(C(C)(C)C)[nH]n3n2)c1. The number of fused-ring (bicyclic) bond motifs is 1. The van der Waals surface area contributed by atoms with Crippen LogP contribution in [0.1, 0.15) is 182 Å². The number of ether oxygens (including phenoxy) is 1. The lowest BCUT2D eigenvalue weighted by atomic mass is 9.93. The van der Waals surface area contributed by atoms with Crippen molar-refractivity contribution in [1.29, 1.82) is 0 Å². The molecule has 2 heterocycles. The average Bonchev–Trinajstić information content (AvgIpc) is 3.95. The number of unbranched alkanes of at least 4 members (excludes halogenated alkanes) is 18. The molecule has 20 heteroatoms. The lowest BCUT2D eigenvalue weighted by Gasteiger charge is -2.20. The van der Waals surface area contributed by atoms with Crippen molar-refractivity contribution in [2.45, 2.75) is 193 Å². The van der Waals surface area contributed by atoms with Gasteiger partial charge in [0.05, 0.1) is 12.5 Å². The summed E-state index contributed by atoms with van der Waals surface area (Å²) in [5.74, 6) is -0.103. The molecule has 3 atom stereocenters. The Morgan fingerprint density at radius 1 is 0.605 bits per heavy atom. The third kappa shape index (κ3) is 22.2. The number of nitrogens with one attached hydrogen (secondary N) is 5. The molecule has 0 aliphatic heterocycles. The second kappa shape index (κ2) is 30.5. The highest BCUT2D eigenvalue weighted by Crippen LogP contribution is 2.30. The maximum absolute atomic E-state index is 14.5. The minimum Gasteiger partial charge on any atom is -0.481 e. The molecule has 2 amide bonds. The van der Waals surface area contributed by atoms with E-state index in [-0.39, 0.29) is 23.3 Å². The van der Waals surface area contributed by atoms with Crippen LogP contribution in [-0.2, 0) is 46.1 Å². The Morgan fingerprint density at radius 3 is 1.51 bits per heavy atom. The fourth-order valence-electron chi connectivity index (χ4n) is 8.75. The van der Waals surface area contributed by atoms with E-state index in [9.17, 15) is 30.6 Å². The summed E-state index contributed by atoms with van der Waals surface area (Å²) < 4.78 is 80.2. The minimum absolute atomic E-state index is 0.192. The average molecular weight is 1110 g/mol. The molecule has 0 fully saturated rings. The van der Waals surface area contributed by atoms with Crippen LogP contribution in [0.4, 0.5) is 22.7 Å².